The van der Waals surface area contributed by atoms with Crippen molar-refractivity contribution < 1.29 is 31.1 Å². The molecule has 1 aromatic heterocycles. The predicted molar refractivity (Wildman–Crippen MR) is 92.9 cm³/mol. The third kappa shape index (κ3) is 4.33. The van der Waals surface area contributed by atoms with Gasteiger partial charge in [0.1, 0.15) is 9.96 Å². The van der Waals surface area contributed by atoms with Crippen LogP contribution in [-0.2, 0) is 21.0 Å². The van der Waals surface area contributed by atoms with Gasteiger partial charge in [0.05, 0.1) is 11.5 Å². The van der Waals surface area contributed by atoms with Crippen LogP contribution in [0.3, 0.4) is 0 Å². The van der Waals surface area contributed by atoms with E-state index in [0.717, 1.165) is 23.5 Å². The molecule has 1 atom stereocenters. The molecule has 146 valence electrons. The number of hydrogen-bond acceptors (Lipinski definition) is 5. The molecular formula is C17H16F3NO4S2. The van der Waals surface area contributed by atoms with Gasteiger partial charge in [-0.25, -0.2) is 8.42 Å². The fourth-order valence-electron chi connectivity index (χ4n) is 2.87. The highest BCUT2D eigenvalue weighted by molar-refractivity contribution is 7.91. The molecule has 1 fully saturated rings. The van der Waals surface area contributed by atoms with Crippen LogP contribution >= 0.6 is 11.3 Å². The molecule has 0 bridgehead atoms. The molecule has 0 amide bonds. The summed E-state index contributed by atoms with van der Waals surface area (Å²) < 4.78 is 70.6. The molecule has 1 unspecified atom stereocenters. The zero-order chi connectivity index (χ0) is 19.7. The highest BCUT2D eigenvalue weighted by Crippen LogP contribution is 2.36. The van der Waals surface area contributed by atoms with Gasteiger partial charge in [0.25, 0.3) is 10.0 Å². The summed E-state index contributed by atoms with van der Waals surface area (Å²) >= 11 is 1.07. The van der Waals surface area contributed by atoms with E-state index < -0.39 is 39.4 Å². The first-order valence-electron chi connectivity index (χ1n) is 8.11. The molecule has 3 rings (SSSR count). The van der Waals surface area contributed by atoms with E-state index in [4.69, 9.17) is 4.74 Å². The second-order valence-corrected chi connectivity index (χ2v) is 9.16. The highest BCUT2D eigenvalue weighted by Gasteiger charge is 2.37. The fourth-order valence-corrected chi connectivity index (χ4v) is 5.54. The Morgan fingerprint density at radius 2 is 1.93 bits per heavy atom. The number of hydrogen-bond donors (Lipinski definition) is 0. The van der Waals surface area contributed by atoms with Crippen LogP contribution in [0.25, 0.3) is 0 Å². The van der Waals surface area contributed by atoms with Crippen LogP contribution in [0.1, 0.15) is 18.4 Å². The average Bonchev–Trinajstić information content (AvgIpc) is 3.17. The van der Waals surface area contributed by atoms with Gasteiger partial charge in [-0.15, -0.1) is 11.3 Å². The van der Waals surface area contributed by atoms with Crippen molar-refractivity contribution in [2.24, 2.45) is 5.92 Å². The quantitative estimate of drug-likeness (QED) is 0.559. The summed E-state index contributed by atoms with van der Waals surface area (Å²) in [5.74, 6) is -2.26. The van der Waals surface area contributed by atoms with Crippen LogP contribution in [0.5, 0.6) is 5.75 Å². The zero-order valence-corrected chi connectivity index (χ0v) is 15.6. The van der Waals surface area contributed by atoms with E-state index in [-0.39, 0.29) is 17.3 Å². The van der Waals surface area contributed by atoms with Crippen molar-refractivity contribution in [1.29, 1.82) is 0 Å². The number of thiophene rings is 1. The van der Waals surface area contributed by atoms with Crippen molar-refractivity contribution in [2.45, 2.75) is 23.2 Å². The van der Waals surface area contributed by atoms with E-state index >= 15 is 0 Å². The maximum Gasteiger partial charge on any atom is 0.419 e. The third-order valence-electron chi connectivity index (χ3n) is 4.21. The summed E-state index contributed by atoms with van der Waals surface area (Å²) in [7, 11) is -3.73. The van der Waals surface area contributed by atoms with E-state index in [1.807, 2.05) is 0 Å². The first-order valence-corrected chi connectivity index (χ1v) is 10.4. The van der Waals surface area contributed by atoms with Crippen molar-refractivity contribution in [3.05, 3.63) is 47.3 Å². The number of halogens is 3. The van der Waals surface area contributed by atoms with Gasteiger partial charge < -0.3 is 4.74 Å². The average molecular weight is 419 g/mol. The van der Waals surface area contributed by atoms with Gasteiger partial charge in [0.2, 0.25) is 0 Å². The molecule has 0 N–H and O–H groups in total. The third-order valence-corrected chi connectivity index (χ3v) is 7.45. The lowest BCUT2D eigenvalue weighted by Gasteiger charge is -2.30. The molecule has 0 spiro atoms. The van der Waals surface area contributed by atoms with Crippen LogP contribution in [0, 0.1) is 5.92 Å². The Morgan fingerprint density at radius 3 is 2.59 bits per heavy atom. The predicted octanol–water partition coefficient (Wildman–Crippen LogP) is 3.77. The summed E-state index contributed by atoms with van der Waals surface area (Å²) in [6.45, 7) is 0.135. The van der Waals surface area contributed by atoms with Gasteiger partial charge in [0.15, 0.2) is 0 Å². The minimum Gasteiger partial charge on any atom is -0.426 e. The number of piperidine rings is 1. The molecule has 2 heterocycles. The van der Waals surface area contributed by atoms with Gasteiger partial charge in [-0.2, -0.15) is 17.5 Å². The smallest absolute Gasteiger partial charge is 0.419 e. The lowest BCUT2D eigenvalue weighted by molar-refractivity contribution is -0.145. The van der Waals surface area contributed by atoms with E-state index in [1.165, 1.54) is 22.5 Å². The lowest BCUT2D eigenvalue weighted by Crippen LogP contribution is -2.43. The van der Waals surface area contributed by atoms with Crippen LogP contribution in [0.2, 0.25) is 0 Å². The standard InChI is InChI=1S/C17H16F3NO4S2/c18-17(19,20)13-6-1-2-7-14(13)25-16(22)12-5-3-9-21(11-12)27(23,24)15-8-4-10-26-15/h1-2,4,6-8,10,12H,3,5,9,11H2. The Hall–Kier alpha value is -1.91. The highest BCUT2D eigenvalue weighted by atomic mass is 32.2. The van der Waals surface area contributed by atoms with Gasteiger partial charge in [0, 0.05) is 13.1 Å². The lowest BCUT2D eigenvalue weighted by atomic mass is 10.00. The van der Waals surface area contributed by atoms with Gasteiger partial charge in [-0.05, 0) is 36.4 Å². The molecule has 0 aliphatic carbocycles. The Bertz CT molecular complexity index is 911. The molecule has 0 radical (unpaired) electrons. The zero-order valence-electron chi connectivity index (χ0n) is 14.0. The summed E-state index contributed by atoms with van der Waals surface area (Å²) in [5, 5.41) is 1.64. The molecule has 1 aliphatic heterocycles. The minimum atomic E-state index is -4.65. The molecule has 1 saturated heterocycles. The number of carbonyl (C=O) groups is 1. The number of nitrogens with zero attached hydrogens (tertiary/aromatic N) is 1. The van der Waals surface area contributed by atoms with Gasteiger partial charge in [-0.3, -0.25) is 4.79 Å². The number of esters is 1. The Balaban J connectivity index is 1.75. The maximum atomic E-state index is 13.0. The van der Waals surface area contributed by atoms with E-state index in [9.17, 15) is 26.4 Å². The van der Waals surface area contributed by atoms with Crippen molar-refractivity contribution in [2.75, 3.05) is 13.1 Å². The Labute approximate surface area is 158 Å². The monoisotopic (exact) mass is 419 g/mol. The topological polar surface area (TPSA) is 63.7 Å². The summed E-state index contributed by atoms with van der Waals surface area (Å²) in [6, 6.07) is 7.53. The van der Waals surface area contributed by atoms with Crippen LogP contribution in [0.4, 0.5) is 13.2 Å². The fraction of sp³-hybridized carbons (Fsp3) is 0.353. The first-order chi connectivity index (χ1) is 12.7. The minimum absolute atomic E-state index is 0.118. The van der Waals surface area contributed by atoms with Crippen molar-refractivity contribution in [3.8, 4) is 5.75 Å². The number of rotatable bonds is 4. The van der Waals surface area contributed by atoms with Gasteiger partial charge in [-0.1, -0.05) is 18.2 Å². The SMILES string of the molecule is O=C(Oc1ccccc1C(F)(F)F)C1CCCN(S(=O)(=O)c2cccs2)C1. The maximum absolute atomic E-state index is 13.0. The largest absolute Gasteiger partial charge is 0.426 e. The van der Waals surface area contributed by atoms with E-state index in [2.05, 4.69) is 0 Å². The molecule has 1 aromatic carbocycles. The second kappa shape index (κ2) is 7.61. The summed E-state index contributed by atoms with van der Waals surface area (Å²) in [4.78, 5) is 12.4. The van der Waals surface area contributed by atoms with Gasteiger partial charge >= 0.3 is 12.1 Å². The van der Waals surface area contributed by atoms with Crippen molar-refractivity contribution >= 4 is 27.3 Å². The Morgan fingerprint density at radius 1 is 1.19 bits per heavy atom. The van der Waals surface area contributed by atoms with Crippen LogP contribution in [-0.4, -0.2) is 31.8 Å². The van der Waals surface area contributed by atoms with Crippen LogP contribution < -0.4 is 4.74 Å². The summed E-state index contributed by atoms with van der Waals surface area (Å²) in [6.07, 6.45) is -3.88. The number of benzene rings is 1. The molecule has 5 nitrogen and oxygen atoms in total. The van der Waals surface area contributed by atoms with E-state index in [0.29, 0.717) is 12.8 Å². The molecule has 1 aliphatic rings. The van der Waals surface area contributed by atoms with Crippen molar-refractivity contribution in [3.63, 3.8) is 0 Å². The number of carbonyl (C=O) groups excluding carboxylic acids is 1. The normalized spacial score (nSPS) is 19.0. The molecular weight excluding hydrogens is 403 g/mol. The molecule has 0 saturated carbocycles. The summed E-state index contributed by atoms with van der Waals surface area (Å²) in [5.41, 5.74) is -1.04. The van der Waals surface area contributed by atoms with Crippen molar-refractivity contribution in [1.82, 2.24) is 4.31 Å². The first kappa shape index (κ1) is 19.8. The Kier molecular flexibility index (Phi) is 5.59. The van der Waals surface area contributed by atoms with Crippen LogP contribution in [0.15, 0.2) is 46.0 Å². The van der Waals surface area contributed by atoms with E-state index in [1.54, 1.807) is 11.4 Å². The number of alkyl halides is 3. The molecule has 27 heavy (non-hydrogen) atoms. The molecule has 10 heteroatoms. The number of ether oxygens (including phenoxy) is 1. The second-order valence-electron chi connectivity index (χ2n) is 6.05. The molecule has 2 aromatic rings. The number of sulfonamides is 1. The number of para-hydroxylation sites is 1.